The Morgan fingerprint density at radius 2 is 0.214 bits per heavy atom. The molecule has 36 nitrogen and oxygen atoms in total. The number of aliphatic hydroxyl groups excluding tert-OH is 6. The van der Waals surface area contributed by atoms with Crippen molar-refractivity contribution in [3.05, 3.63) is 0 Å². The molecule has 0 bridgehead atoms. The van der Waals surface area contributed by atoms with Crippen LogP contribution in [0.4, 0.5) is 0 Å². The summed E-state index contributed by atoms with van der Waals surface area (Å²) >= 11 is 0. The first kappa shape index (κ1) is 112. The van der Waals surface area contributed by atoms with Crippen LogP contribution in [-0.4, -0.2) is 303 Å². The van der Waals surface area contributed by atoms with Gasteiger partial charge in [0.05, 0.1) is 0 Å². The van der Waals surface area contributed by atoms with Crippen molar-refractivity contribution in [2.24, 2.45) is 0 Å². The highest BCUT2D eigenvalue weighted by Gasteiger charge is 2.47. The van der Waals surface area contributed by atoms with Gasteiger partial charge in [-0.3, -0.25) is 0 Å². The Balaban J connectivity index is -0.0000000675. The van der Waals surface area contributed by atoms with Crippen molar-refractivity contribution < 1.29 is 146 Å². The zero-order chi connectivity index (χ0) is 70.7. The molecule has 0 aliphatic heterocycles. The van der Waals surface area contributed by atoms with Gasteiger partial charge >= 0.3 is 46.9 Å². The van der Waals surface area contributed by atoms with E-state index in [0.717, 1.165) is 0 Å². The molecule has 84 heavy (non-hydrogen) atoms. The standard InChI is InChI=1S/6C6H15N.C6H12O6.6H3O4P/c6*1-4-7(5-2)6-3;7-1-2(8)4(10)6(12)5(11)3(1)9;6*1-5(2,3)4/h6*4-6H2,1-3H3;1-12H;6*(H3,1,2,3,4). The molecule has 0 spiro atoms. The molecule has 1 aliphatic rings. The molecule has 0 radical (unpaired) electrons. The predicted octanol–water partition coefficient (Wildman–Crippen LogP) is -1.32. The van der Waals surface area contributed by atoms with Crippen LogP contribution in [0.1, 0.15) is 125 Å². The minimum atomic E-state index is -4.64. The molecule has 24 N–H and O–H groups in total. The quantitative estimate of drug-likeness (QED) is 0.0708. The predicted molar refractivity (Wildman–Crippen MR) is 322 cm³/mol. The highest BCUT2D eigenvalue weighted by Crippen LogP contribution is 2.28. The Bertz CT molecular complexity index is 1200. The van der Waals surface area contributed by atoms with Crippen molar-refractivity contribution in [2.45, 2.75) is 161 Å². The Labute approximate surface area is 500 Å². The molecule has 0 unspecified atom stereocenters. The average Bonchev–Trinajstić information content (AvgIpc) is 3.34. The van der Waals surface area contributed by atoms with Crippen LogP contribution in [0.3, 0.4) is 0 Å². The second-order valence-electron chi connectivity index (χ2n) is 15.7. The van der Waals surface area contributed by atoms with E-state index in [4.69, 9.17) is 146 Å². The van der Waals surface area contributed by atoms with Crippen LogP contribution in [0.2, 0.25) is 0 Å². The monoisotopic (exact) mass is 1370 g/mol. The summed E-state index contributed by atoms with van der Waals surface area (Å²) in [6.45, 7) is 60.8. The van der Waals surface area contributed by atoms with E-state index in [9.17, 15) is 0 Å². The van der Waals surface area contributed by atoms with Gasteiger partial charge in [0.15, 0.2) is 0 Å². The number of hydrogen-bond donors (Lipinski definition) is 24. The van der Waals surface area contributed by atoms with Crippen LogP contribution < -0.4 is 0 Å². The number of nitrogens with zero attached hydrogens (tertiary/aromatic N) is 6. The van der Waals surface area contributed by atoms with E-state index < -0.39 is 83.6 Å². The Hall–Kier alpha value is 0.180. The maximum Gasteiger partial charge on any atom is 0.466 e. The van der Waals surface area contributed by atoms with Crippen LogP contribution in [0, 0.1) is 0 Å². The van der Waals surface area contributed by atoms with Gasteiger partial charge in [-0.2, -0.15) is 0 Å². The van der Waals surface area contributed by atoms with E-state index in [2.05, 4.69) is 154 Å². The Morgan fingerprint density at radius 1 is 0.179 bits per heavy atom. The maximum absolute atomic E-state index is 8.97. The molecule has 1 saturated carbocycles. The van der Waals surface area contributed by atoms with E-state index in [1.807, 2.05) is 0 Å². The van der Waals surface area contributed by atoms with Crippen LogP contribution in [0.15, 0.2) is 0 Å². The smallest absolute Gasteiger partial charge is 0.387 e. The molecule has 0 aromatic carbocycles. The van der Waals surface area contributed by atoms with Gasteiger partial charge in [-0.25, -0.2) is 27.4 Å². The van der Waals surface area contributed by atoms with Crippen molar-refractivity contribution in [3.8, 4) is 0 Å². The number of rotatable bonds is 18. The molecular formula is C42H120N6O30P6. The lowest BCUT2D eigenvalue weighted by Crippen LogP contribution is -2.63. The summed E-state index contributed by atoms with van der Waals surface area (Å²) in [7, 11) is -27.8. The zero-order valence-electron chi connectivity index (χ0n) is 52.7. The van der Waals surface area contributed by atoms with Gasteiger partial charge in [0.25, 0.3) is 0 Å². The highest BCUT2D eigenvalue weighted by molar-refractivity contribution is 7.46. The van der Waals surface area contributed by atoms with Gasteiger partial charge in [0.2, 0.25) is 0 Å². The summed E-state index contributed by atoms with van der Waals surface area (Å²) in [5.41, 5.74) is 0. The van der Waals surface area contributed by atoms with Gasteiger partial charge < -0.3 is 148 Å². The second kappa shape index (κ2) is 69.1. The van der Waals surface area contributed by atoms with Crippen molar-refractivity contribution in [2.75, 3.05) is 118 Å². The SMILES string of the molecule is CCN(CC)CC.CCN(CC)CC.CCN(CC)CC.CCN(CC)CC.CCN(CC)CC.CCN(CC)CC.O=P(O)(O)O.O=P(O)(O)O.O=P(O)(O)O.O=P(O)(O)O.O=P(O)(O)O.O=P(O)(O)O.OC1C(O)C(O)C(O)C(O)C1O. The topological polar surface area (TPSA) is 607 Å². The second-order valence-corrected chi connectivity index (χ2v) is 21.9. The lowest BCUT2D eigenvalue weighted by Gasteiger charge is -2.39. The normalized spacial score (nSPS) is 17.3. The molecule has 528 valence electrons. The van der Waals surface area contributed by atoms with E-state index in [-0.39, 0.29) is 0 Å². The molecule has 0 heterocycles. The van der Waals surface area contributed by atoms with Crippen molar-refractivity contribution in [1.29, 1.82) is 0 Å². The summed E-state index contributed by atoms with van der Waals surface area (Å²) in [4.78, 5) is 144. The highest BCUT2D eigenvalue weighted by atomic mass is 31.2. The average molecular weight is 1380 g/mol. The first-order valence-corrected chi connectivity index (χ1v) is 36.1. The summed E-state index contributed by atoms with van der Waals surface area (Å²) in [5.74, 6) is 0. The molecular weight excluding hydrogens is 1250 g/mol. The zero-order valence-corrected chi connectivity index (χ0v) is 58.1. The van der Waals surface area contributed by atoms with Gasteiger partial charge in [0.1, 0.15) is 36.6 Å². The van der Waals surface area contributed by atoms with Crippen LogP contribution in [0.5, 0.6) is 0 Å². The molecule has 1 aliphatic carbocycles. The summed E-state index contributed by atoms with van der Waals surface area (Å²) in [6.07, 6.45) is -9.84. The molecule has 0 amide bonds. The summed E-state index contributed by atoms with van der Waals surface area (Å²) < 4.78 is 53.3. The number of phosphoric acid groups is 6. The minimum absolute atomic E-state index is 1.19. The maximum atomic E-state index is 8.97. The lowest BCUT2D eigenvalue weighted by molar-refractivity contribution is -0.223. The van der Waals surface area contributed by atoms with Gasteiger partial charge in [0, 0.05) is 0 Å². The third-order valence-corrected chi connectivity index (χ3v) is 10.1. The first-order chi connectivity index (χ1) is 37.5. The fourth-order valence-corrected chi connectivity index (χ4v) is 5.24. The molecule has 0 aromatic rings. The molecule has 1 fully saturated rings. The fourth-order valence-electron chi connectivity index (χ4n) is 5.24. The van der Waals surface area contributed by atoms with Gasteiger partial charge in [-0.05, 0) is 118 Å². The van der Waals surface area contributed by atoms with Crippen molar-refractivity contribution >= 4 is 46.9 Å². The number of aliphatic hydroxyl groups is 6. The Morgan fingerprint density at radius 3 is 0.226 bits per heavy atom. The largest absolute Gasteiger partial charge is 0.466 e. The first-order valence-electron chi connectivity index (χ1n) is 26.7. The molecule has 42 heteroatoms. The van der Waals surface area contributed by atoms with Gasteiger partial charge in [-0.1, -0.05) is 125 Å². The fraction of sp³-hybridized carbons (Fsp3) is 1.00. The van der Waals surface area contributed by atoms with E-state index >= 15 is 0 Å². The molecule has 0 aromatic heterocycles. The lowest BCUT2D eigenvalue weighted by atomic mass is 9.85. The molecule has 0 saturated heterocycles. The number of hydrogen-bond acceptors (Lipinski definition) is 18. The Kier molecular flexibility index (Phi) is 91.9. The minimum Gasteiger partial charge on any atom is -0.387 e. The van der Waals surface area contributed by atoms with Crippen molar-refractivity contribution in [3.63, 3.8) is 0 Å². The third-order valence-electron chi connectivity index (χ3n) is 10.1. The van der Waals surface area contributed by atoms with Crippen LogP contribution >= 0.6 is 46.9 Å². The third kappa shape index (κ3) is 150. The van der Waals surface area contributed by atoms with Crippen LogP contribution in [-0.2, 0) is 27.4 Å². The van der Waals surface area contributed by atoms with Crippen LogP contribution in [0.25, 0.3) is 0 Å². The summed E-state index contributed by atoms with van der Waals surface area (Å²) in [5, 5.41) is 53.8. The molecule has 1 rings (SSSR count). The van der Waals surface area contributed by atoms with E-state index in [1.54, 1.807) is 0 Å². The van der Waals surface area contributed by atoms with E-state index in [0.29, 0.717) is 0 Å². The summed E-state index contributed by atoms with van der Waals surface area (Å²) in [6, 6.07) is 0. The molecule has 0 atom stereocenters. The van der Waals surface area contributed by atoms with E-state index in [1.165, 1.54) is 118 Å². The van der Waals surface area contributed by atoms with Gasteiger partial charge in [-0.15, -0.1) is 0 Å². The van der Waals surface area contributed by atoms with Crippen molar-refractivity contribution in [1.82, 2.24) is 29.4 Å².